The molecule has 1 heterocycles. The zero-order valence-corrected chi connectivity index (χ0v) is 7.72. The zero-order valence-electron chi connectivity index (χ0n) is 7.72. The Labute approximate surface area is 72.4 Å². The van der Waals surface area contributed by atoms with E-state index < -0.39 is 0 Å². The van der Waals surface area contributed by atoms with Crippen molar-refractivity contribution in [3.8, 4) is 0 Å². The first-order valence-electron chi connectivity index (χ1n) is 3.95. The van der Waals surface area contributed by atoms with Crippen molar-refractivity contribution in [1.82, 2.24) is 0 Å². The second-order valence-corrected chi connectivity index (χ2v) is 3.55. The van der Waals surface area contributed by atoms with Gasteiger partial charge in [0.1, 0.15) is 0 Å². The van der Waals surface area contributed by atoms with Gasteiger partial charge in [-0.2, -0.15) is 0 Å². The highest BCUT2D eigenvalue weighted by atomic mass is 16.5. The van der Waals surface area contributed by atoms with Crippen LogP contribution >= 0.6 is 0 Å². The maximum atomic E-state index is 10.8. The summed E-state index contributed by atoms with van der Waals surface area (Å²) in [5.74, 6) is -0.300. The second kappa shape index (κ2) is 3.27. The van der Waals surface area contributed by atoms with Crippen molar-refractivity contribution < 1.29 is 14.3 Å². The summed E-state index contributed by atoms with van der Waals surface area (Å²) < 4.78 is 9.93. The summed E-state index contributed by atoms with van der Waals surface area (Å²) in [4.78, 5) is 10.8. The van der Waals surface area contributed by atoms with Gasteiger partial charge in [-0.15, -0.1) is 0 Å². The Hall–Kier alpha value is -0.830. The first-order chi connectivity index (χ1) is 5.53. The molecule has 0 aromatic carbocycles. The van der Waals surface area contributed by atoms with E-state index in [0.717, 1.165) is 12.0 Å². The minimum atomic E-state index is -0.300. The first kappa shape index (κ1) is 9.26. The van der Waals surface area contributed by atoms with E-state index in [0.29, 0.717) is 6.61 Å². The maximum absolute atomic E-state index is 10.8. The molecule has 0 bridgehead atoms. The SMILES string of the molecule is COC(=O)/C=C1/COC(C)(C)C1. The number of carbonyl (C=O) groups excluding carboxylic acids is 1. The predicted molar refractivity (Wildman–Crippen MR) is 44.7 cm³/mol. The van der Waals surface area contributed by atoms with Crippen LogP contribution < -0.4 is 0 Å². The molecule has 0 aromatic heterocycles. The van der Waals surface area contributed by atoms with Crippen LogP contribution in [0.25, 0.3) is 0 Å². The molecule has 0 amide bonds. The van der Waals surface area contributed by atoms with E-state index in [2.05, 4.69) is 4.74 Å². The fourth-order valence-corrected chi connectivity index (χ4v) is 1.26. The first-order valence-corrected chi connectivity index (χ1v) is 3.95. The number of methoxy groups -OCH3 is 1. The minimum absolute atomic E-state index is 0.125. The van der Waals surface area contributed by atoms with Crippen molar-refractivity contribution >= 4 is 5.97 Å². The van der Waals surface area contributed by atoms with Gasteiger partial charge in [-0.05, 0) is 25.8 Å². The third kappa shape index (κ3) is 2.34. The summed E-state index contributed by atoms with van der Waals surface area (Å²) in [7, 11) is 1.38. The van der Waals surface area contributed by atoms with Crippen molar-refractivity contribution in [2.75, 3.05) is 13.7 Å². The molecule has 0 radical (unpaired) electrons. The molecule has 3 nitrogen and oxygen atoms in total. The Balaban J connectivity index is 2.57. The van der Waals surface area contributed by atoms with E-state index in [1.54, 1.807) is 0 Å². The molecule has 1 saturated heterocycles. The lowest BCUT2D eigenvalue weighted by Crippen LogP contribution is -2.16. The lowest BCUT2D eigenvalue weighted by Gasteiger charge is -2.14. The smallest absolute Gasteiger partial charge is 0.330 e. The molecule has 1 rings (SSSR count). The Morgan fingerprint density at radius 2 is 2.33 bits per heavy atom. The standard InChI is InChI=1S/C9H14O3/c1-9(2)5-7(6-12-9)4-8(10)11-3/h4H,5-6H2,1-3H3/b7-4+. The molecule has 0 atom stereocenters. The van der Waals surface area contributed by atoms with Gasteiger partial charge >= 0.3 is 5.97 Å². The molecular weight excluding hydrogens is 156 g/mol. The third-order valence-corrected chi connectivity index (χ3v) is 1.82. The summed E-state index contributed by atoms with van der Waals surface area (Å²) in [6, 6.07) is 0. The second-order valence-electron chi connectivity index (χ2n) is 3.55. The number of carbonyl (C=O) groups is 1. The number of ether oxygens (including phenoxy) is 2. The van der Waals surface area contributed by atoms with E-state index in [-0.39, 0.29) is 11.6 Å². The Morgan fingerprint density at radius 3 is 2.75 bits per heavy atom. The molecule has 3 heteroatoms. The molecule has 0 saturated carbocycles. The molecule has 1 aliphatic rings. The maximum Gasteiger partial charge on any atom is 0.330 e. The summed E-state index contributed by atoms with van der Waals surface area (Å²) in [5.41, 5.74) is 0.881. The largest absolute Gasteiger partial charge is 0.466 e. The zero-order chi connectivity index (χ0) is 9.19. The molecule has 0 N–H and O–H groups in total. The average molecular weight is 170 g/mol. The summed E-state index contributed by atoms with van der Waals surface area (Å²) >= 11 is 0. The molecule has 1 aliphatic heterocycles. The lowest BCUT2D eigenvalue weighted by molar-refractivity contribution is -0.134. The Bertz CT molecular complexity index is 216. The number of rotatable bonds is 1. The van der Waals surface area contributed by atoms with Gasteiger partial charge < -0.3 is 9.47 Å². The molecule has 1 fully saturated rings. The van der Waals surface area contributed by atoms with Crippen LogP contribution in [0, 0.1) is 0 Å². The van der Waals surface area contributed by atoms with Crippen LogP contribution in [0.1, 0.15) is 20.3 Å². The van der Waals surface area contributed by atoms with Crippen molar-refractivity contribution in [3.05, 3.63) is 11.6 Å². The van der Waals surface area contributed by atoms with E-state index >= 15 is 0 Å². The molecule has 0 spiro atoms. The summed E-state index contributed by atoms with van der Waals surface area (Å²) in [6.45, 7) is 4.55. The minimum Gasteiger partial charge on any atom is -0.466 e. The lowest BCUT2D eigenvalue weighted by atomic mass is 10.0. The Morgan fingerprint density at radius 1 is 1.67 bits per heavy atom. The normalized spacial score (nSPS) is 24.4. The van der Waals surface area contributed by atoms with Crippen LogP contribution in [0.4, 0.5) is 0 Å². The summed E-state index contributed by atoms with van der Waals surface area (Å²) in [5, 5.41) is 0. The predicted octanol–water partition coefficient (Wildman–Crippen LogP) is 1.28. The molecule has 0 aromatic rings. The van der Waals surface area contributed by atoms with Crippen molar-refractivity contribution in [2.24, 2.45) is 0 Å². The van der Waals surface area contributed by atoms with Gasteiger partial charge in [0.05, 0.1) is 19.3 Å². The van der Waals surface area contributed by atoms with Gasteiger partial charge in [-0.1, -0.05) is 0 Å². The van der Waals surface area contributed by atoms with Gasteiger partial charge in [0.2, 0.25) is 0 Å². The third-order valence-electron chi connectivity index (χ3n) is 1.82. The number of esters is 1. The quantitative estimate of drug-likeness (QED) is 0.439. The van der Waals surface area contributed by atoms with E-state index in [9.17, 15) is 4.79 Å². The van der Waals surface area contributed by atoms with Crippen LogP contribution in [0.3, 0.4) is 0 Å². The van der Waals surface area contributed by atoms with Crippen LogP contribution in [0.2, 0.25) is 0 Å². The van der Waals surface area contributed by atoms with Gasteiger partial charge in [0.15, 0.2) is 0 Å². The molecular formula is C9H14O3. The monoisotopic (exact) mass is 170 g/mol. The van der Waals surface area contributed by atoms with Crippen molar-refractivity contribution in [1.29, 1.82) is 0 Å². The van der Waals surface area contributed by atoms with Crippen LogP contribution in [-0.2, 0) is 14.3 Å². The highest BCUT2D eigenvalue weighted by molar-refractivity contribution is 5.82. The fourth-order valence-electron chi connectivity index (χ4n) is 1.26. The fraction of sp³-hybridized carbons (Fsp3) is 0.667. The Kier molecular flexibility index (Phi) is 2.52. The van der Waals surface area contributed by atoms with E-state index in [1.807, 2.05) is 13.8 Å². The van der Waals surface area contributed by atoms with Crippen LogP contribution in [0.5, 0.6) is 0 Å². The molecule has 0 aliphatic carbocycles. The van der Waals surface area contributed by atoms with Gasteiger partial charge in [0.25, 0.3) is 0 Å². The topological polar surface area (TPSA) is 35.5 Å². The van der Waals surface area contributed by atoms with Gasteiger partial charge in [-0.3, -0.25) is 0 Å². The highest BCUT2D eigenvalue weighted by Crippen LogP contribution is 2.28. The van der Waals surface area contributed by atoms with E-state index in [1.165, 1.54) is 13.2 Å². The number of hydrogen-bond acceptors (Lipinski definition) is 3. The molecule has 12 heavy (non-hydrogen) atoms. The van der Waals surface area contributed by atoms with Gasteiger partial charge in [-0.25, -0.2) is 4.79 Å². The molecule has 0 unspecified atom stereocenters. The van der Waals surface area contributed by atoms with Crippen LogP contribution in [0.15, 0.2) is 11.6 Å². The van der Waals surface area contributed by atoms with E-state index in [4.69, 9.17) is 4.74 Å². The number of hydrogen-bond donors (Lipinski definition) is 0. The van der Waals surface area contributed by atoms with Crippen molar-refractivity contribution in [3.63, 3.8) is 0 Å². The van der Waals surface area contributed by atoms with Crippen LogP contribution in [-0.4, -0.2) is 25.3 Å². The van der Waals surface area contributed by atoms with Gasteiger partial charge in [0, 0.05) is 6.08 Å². The average Bonchev–Trinajstić information content (AvgIpc) is 2.30. The van der Waals surface area contributed by atoms with Crippen molar-refractivity contribution in [2.45, 2.75) is 25.9 Å². The highest BCUT2D eigenvalue weighted by Gasteiger charge is 2.27. The summed E-state index contributed by atoms with van der Waals surface area (Å²) in [6.07, 6.45) is 2.32. The molecule has 68 valence electrons.